The van der Waals surface area contributed by atoms with E-state index in [4.69, 9.17) is 10.9 Å². The number of carbonyl (C=O) groups excluding carboxylic acids is 1. The summed E-state index contributed by atoms with van der Waals surface area (Å²) in [4.78, 5) is 17.0. The minimum atomic E-state index is -0.692. The minimum Gasteiger partial charge on any atom is -0.409 e. The molecule has 1 aromatic rings. The van der Waals surface area contributed by atoms with Gasteiger partial charge in [0.05, 0.1) is 18.3 Å². The van der Waals surface area contributed by atoms with Gasteiger partial charge in [-0.2, -0.15) is 0 Å². The lowest BCUT2D eigenvalue weighted by Crippen LogP contribution is -2.39. The standard InChI is InChI=1S/C11H15FN4O2/c1-2-5-16(7-10(13)15-18)11(17)8-3-4-14-6-9(8)12/h3-4,6,18H,2,5,7H2,1H3,(H2,13,15). The Morgan fingerprint density at radius 2 is 2.39 bits per heavy atom. The summed E-state index contributed by atoms with van der Waals surface area (Å²) in [5, 5.41) is 11.3. The van der Waals surface area contributed by atoms with Gasteiger partial charge < -0.3 is 15.8 Å². The van der Waals surface area contributed by atoms with Gasteiger partial charge in [-0.15, -0.1) is 0 Å². The highest BCUT2D eigenvalue weighted by Gasteiger charge is 2.19. The number of nitrogens with two attached hydrogens (primary N) is 1. The second-order valence-electron chi connectivity index (χ2n) is 3.67. The van der Waals surface area contributed by atoms with Crippen LogP contribution in [0, 0.1) is 5.82 Å². The molecule has 0 fully saturated rings. The van der Waals surface area contributed by atoms with E-state index in [0.717, 1.165) is 6.20 Å². The molecule has 18 heavy (non-hydrogen) atoms. The van der Waals surface area contributed by atoms with Crippen LogP contribution in [-0.2, 0) is 0 Å². The van der Waals surface area contributed by atoms with Gasteiger partial charge in [-0.25, -0.2) is 4.39 Å². The minimum absolute atomic E-state index is 0.0507. The van der Waals surface area contributed by atoms with Crippen molar-refractivity contribution < 1.29 is 14.4 Å². The van der Waals surface area contributed by atoms with Crippen molar-refractivity contribution in [2.75, 3.05) is 13.1 Å². The molecule has 6 nitrogen and oxygen atoms in total. The summed E-state index contributed by atoms with van der Waals surface area (Å²) < 4.78 is 13.4. The van der Waals surface area contributed by atoms with Crippen molar-refractivity contribution in [3.05, 3.63) is 29.8 Å². The van der Waals surface area contributed by atoms with Crippen LogP contribution < -0.4 is 5.73 Å². The van der Waals surface area contributed by atoms with Gasteiger partial charge in [0.25, 0.3) is 5.91 Å². The van der Waals surface area contributed by atoms with E-state index in [9.17, 15) is 9.18 Å². The maximum Gasteiger partial charge on any atom is 0.257 e. The van der Waals surface area contributed by atoms with Crippen molar-refractivity contribution in [3.63, 3.8) is 0 Å². The monoisotopic (exact) mass is 254 g/mol. The molecule has 1 aromatic heterocycles. The molecule has 0 saturated heterocycles. The molecular formula is C11H15FN4O2. The summed E-state index contributed by atoms with van der Waals surface area (Å²) in [5.41, 5.74) is 5.28. The van der Waals surface area contributed by atoms with Crippen molar-refractivity contribution in [2.45, 2.75) is 13.3 Å². The number of halogens is 1. The van der Waals surface area contributed by atoms with Crippen LogP contribution in [0.15, 0.2) is 23.6 Å². The van der Waals surface area contributed by atoms with Gasteiger partial charge in [0.1, 0.15) is 0 Å². The largest absolute Gasteiger partial charge is 0.409 e. The van der Waals surface area contributed by atoms with Gasteiger partial charge >= 0.3 is 0 Å². The van der Waals surface area contributed by atoms with E-state index in [1.807, 2.05) is 6.92 Å². The first kappa shape index (κ1) is 13.9. The second kappa shape index (κ2) is 6.53. The van der Waals surface area contributed by atoms with Gasteiger partial charge in [-0.05, 0) is 12.5 Å². The predicted molar refractivity (Wildman–Crippen MR) is 63.8 cm³/mol. The third-order valence-corrected chi connectivity index (χ3v) is 2.26. The molecule has 0 unspecified atom stereocenters. The first-order valence-corrected chi connectivity index (χ1v) is 5.45. The Morgan fingerprint density at radius 3 is 2.94 bits per heavy atom. The number of nitrogens with zero attached hydrogens (tertiary/aromatic N) is 3. The van der Waals surface area contributed by atoms with Crippen molar-refractivity contribution in [1.82, 2.24) is 9.88 Å². The smallest absolute Gasteiger partial charge is 0.257 e. The van der Waals surface area contributed by atoms with Crippen LogP contribution in [0.5, 0.6) is 0 Å². The predicted octanol–water partition coefficient (Wildman–Crippen LogP) is 0.819. The lowest BCUT2D eigenvalue weighted by atomic mass is 10.2. The van der Waals surface area contributed by atoms with Crippen LogP contribution in [0.25, 0.3) is 0 Å². The zero-order valence-electron chi connectivity index (χ0n) is 10.0. The van der Waals surface area contributed by atoms with E-state index < -0.39 is 11.7 Å². The number of hydrogen-bond acceptors (Lipinski definition) is 4. The molecular weight excluding hydrogens is 239 g/mol. The zero-order valence-corrected chi connectivity index (χ0v) is 10.0. The van der Waals surface area contributed by atoms with Crippen LogP contribution in [-0.4, -0.2) is 39.9 Å². The van der Waals surface area contributed by atoms with Crippen LogP contribution in [0.2, 0.25) is 0 Å². The Labute approximate surface area is 104 Å². The fraction of sp³-hybridized carbons (Fsp3) is 0.364. The molecule has 0 aliphatic carbocycles. The highest BCUT2D eigenvalue weighted by molar-refractivity contribution is 5.97. The van der Waals surface area contributed by atoms with Gasteiger partial charge in [0.15, 0.2) is 11.7 Å². The Bertz CT molecular complexity index is 450. The number of amides is 1. The van der Waals surface area contributed by atoms with E-state index in [0.29, 0.717) is 13.0 Å². The molecule has 3 N–H and O–H groups in total. The number of rotatable bonds is 5. The van der Waals surface area contributed by atoms with Crippen molar-refractivity contribution in [3.8, 4) is 0 Å². The first-order valence-electron chi connectivity index (χ1n) is 5.45. The molecule has 7 heteroatoms. The molecule has 0 aliphatic heterocycles. The van der Waals surface area contributed by atoms with Crippen LogP contribution in [0.3, 0.4) is 0 Å². The van der Waals surface area contributed by atoms with E-state index in [2.05, 4.69) is 10.1 Å². The van der Waals surface area contributed by atoms with Gasteiger partial charge in [0, 0.05) is 12.7 Å². The Balaban J connectivity index is 2.92. The average Bonchev–Trinajstić information content (AvgIpc) is 2.38. The van der Waals surface area contributed by atoms with Gasteiger partial charge in [-0.3, -0.25) is 9.78 Å². The van der Waals surface area contributed by atoms with E-state index in [1.54, 1.807) is 0 Å². The number of oxime groups is 1. The summed E-state index contributed by atoms with van der Waals surface area (Å²) in [6.45, 7) is 2.21. The van der Waals surface area contributed by atoms with Crippen LogP contribution in [0.1, 0.15) is 23.7 Å². The molecule has 0 spiro atoms. The summed E-state index contributed by atoms with van der Waals surface area (Å²) in [6, 6.07) is 1.30. The molecule has 0 bridgehead atoms. The Kier molecular flexibility index (Phi) is 5.04. The van der Waals surface area contributed by atoms with Crippen LogP contribution in [0.4, 0.5) is 4.39 Å². The molecule has 0 aromatic carbocycles. The normalized spacial score (nSPS) is 11.3. The maximum atomic E-state index is 13.4. The number of pyridine rings is 1. The van der Waals surface area contributed by atoms with Crippen molar-refractivity contribution in [1.29, 1.82) is 0 Å². The van der Waals surface area contributed by atoms with Gasteiger partial charge in [0.2, 0.25) is 0 Å². The molecule has 1 rings (SSSR count). The molecule has 0 radical (unpaired) electrons. The molecule has 0 saturated carbocycles. The number of hydrogen-bond donors (Lipinski definition) is 2. The number of amidine groups is 1. The molecule has 98 valence electrons. The summed E-state index contributed by atoms with van der Waals surface area (Å²) in [5.74, 6) is -1.31. The lowest BCUT2D eigenvalue weighted by molar-refractivity contribution is 0.0773. The Morgan fingerprint density at radius 1 is 1.67 bits per heavy atom. The van der Waals surface area contributed by atoms with Gasteiger partial charge in [-0.1, -0.05) is 12.1 Å². The van der Waals surface area contributed by atoms with E-state index in [-0.39, 0.29) is 17.9 Å². The topological polar surface area (TPSA) is 91.8 Å². The molecule has 1 heterocycles. The number of aromatic nitrogens is 1. The highest BCUT2D eigenvalue weighted by Crippen LogP contribution is 2.09. The van der Waals surface area contributed by atoms with Crippen molar-refractivity contribution >= 4 is 11.7 Å². The average molecular weight is 254 g/mol. The molecule has 0 aliphatic rings. The molecule has 0 atom stereocenters. The quantitative estimate of drug-likeness (QED) is 0.352. The fourth-order valence-electron chi connectivity index (χ4n) is 1.47. The van der Waals surface area contributed by atoms with E-state index in [1.165, 1.54) is 17.2 Å². The lowest BCUT2D eigenvalue weighted by Gasteiger charge is -2.21. The Hall–Kier alpha value is -2.18. The zero-order chi connectivity index (χ0) is 13.5. The third-order valence-electron chi connectivity index (χ3n) is 2.26. The first-order chi connectivity index (χ1) is 8.60. The number of carbonyl (C=O) groups is 1. The summed E-state index contributed by atoms with van der Waals surface area (Å²) in [7, 11) is 0. The SMILES string of the molecule is CCCN(CC(N)=NO)C(=O)c1ccncc1F. The van der Waals surface area contributed by atoms with E-state index >= 15 is 0 Å². The fourth-order valence-corrected chi connectivity index (χ4v) is 1.47. The summed E-state index contributed by atoms with van der Waals surface area (Å²) in [6.07, 6.45) is 2.99. The van der Waals surface area contributed by atoms with Crippen LogP contribution >= 0.6 is 0 Å². The van der Waals surface area contributed by atoms with Crippen molar-refractivity contribution in [2.24, 2.45) is 10.9 Å². The highest BCUT2D eigenvalue weighted by atomic mass is 19.1. The molecule has 1 amide bonds. The maximum absolute atomic E-state index is 13.4. The summed E-state index contributed by atoms with van der Waals surface area (Å²) >= 11 is 0. The second-order valence-corrected chi connectivity index (χ2v) is 3.67. The third kappa shape index (κ3) is 3.41.